The SMILES string of the molecule is Cc1nc(CCNC(=O)C2(N)CCCCC2)sc1C. The molecule has 0 aliphatic heterocycles. The maximum Gasteiger partial charge on any atom is 0.240 e. The molecule has 3 N–H and O–H groups in total. The molecule has 0 aromatic carbocycles. The van der Waals surface area contributed by atoms with Gasteiger partial charge in [0, 0.05) is 17.8 Å². The van der Waals surface area contributed by atoms with E-state index in [1.54, 1.807) is 11.3 Å². The zero-order valence-corrected chi connectivity index (χ0v) is 12.6. The van der Waals surface area contributed by atoms with Crippen LogP contribution >= 0.6 is 11.3 Å². The van der Waals surface area contributed by atoms with E-state index >= 15 is 0 Å². The second-order valence-corrected chi connectivity index (χ2v) is 6.76. The van der Waals surface area contributed by atoms with Gasteiger partial charge in [0.1, 0.15) is 0 Å². The summed E-state index contributed by atoms with van der Waals surface area (Å²) in [7, 11) is 0. The predicted octanol–water partition coefficient (Wildman–Crippen LogP) is 2.08. The molecule has 1 aromatic rings. The number of rotatable bonds is 4. The van der Waals surface area contributed by atoms with Crippen LogP contribution in [-0.4, -0.2) is 23.0 Å². The first-order chi connectivity index (χ1) is 9.01. The van der Waals surface area contributed by atoms with Crippen molar-refractivity contribution in [1.29, 1.82) is 0 Å². The molecule has 4 nitrogen and oxygen atoms in total. The van der Waals surface area contributed by atoms with Gasteiger partial charge in [-0.15, -0.1) is 11.3 Å². The molecule has 19 heavy (non-hydrogen) atoms. The number of nitrogens with one attached hydrogen (secondary N) is 1. The van der Waals surface area contributed by atoms with Gasteiger partial charge in [0.2, 0.25) is 5.91 Å². The normalized spacial score (nSPS) is 18.3. The third kappa shape index (κ3) is 3.54. The number of aryl methyl sites for hydroxylation is 2. The highest BCUT2D eigenvalue weighted by molar-refractivity contribution is 7.11. The molecule has 2 rings (SSSR count). The van der Waals surface area contributed by atoms with Gasteiger partial charge in [0.05, 0.1) is 16.2 Å². The van der Waals surface area contributed by atoms with Crippen LogP contribution in [0.4, 0.5) is 0 Å². The van der Waals surface area contributed by atoms with Gasteiger partial charge in [0.15, 0.2) is 0 Å². The summed E-state index contributed by atoms with van der Waals surface area (Å²) in [6.45, 7) is 4.72. The average Bonchev–Trinajstić information content (AvgIpc) is 2.69. The topological polar surface area (TPSA) is 68.0 Å². The van der Waals surface area contributed by atoms with Gasteiger partial charge >= 0.3 is 0 Å². The molecular formula is C14H23N3OS. The van der Waals surface area contributed by atoms with Crippen molar-refractivity contribution in [3.05, 3.63) is 15.6 Å². The predicted molar refractivity (Wildman–Crippen MR) is 78.3 cm³/mol. The van der Waals surface area contributed by atoms with E-state index in [4.69, 9.17) is 5.73 Å². The van der Waals surface area contributed by atoms with E-state index in [0.717, 1.165) is 42.8 Å². The molecule has 1 fully saturated rings. The second-order valence-electron chi connectivity index (χ2n) is 5.47. The lowest BCUT2D eigenvalue weighted by molar-refractivity contribution is -0.127. The minimum Gasteiger partial charge on any atom is -0.354 e. The van der Waals surface area contributed by atoms with Crippen molar-refractivity contribution in [3.8, 4) is 0 Å². The highest BCUT2D eigenvalue weighted by atomic mass is 32.1. The first-order valence-corrected chi connectivity index (χ1v) is 7.83. The lowest BCUT2D eigenvalue weighted by atomic mass is 9.82. The second kappa shape index (κ2) is 6.01. The molecule has 106 valence electrons. The summed E-state index contributed by atoms with van der Waals surface area (Å²) in [5.74, 6) is 0.0113. The van der Waals surface area contributed by atoms with Crippen molar-refractivity contribution in [2.75, 3.05) is 6.54 Å². The Kier molecular flexibility index (Phi) is 4.58. The zero-order chi connectivity index (χ0) is 13.9. The summed E-state index contributed by atoms with van der Waals surface area (Å²) in [4.78, 5) is 17.9. The van der Waals surface area contributed by atoms with Crippen LogP contribution in [0.2, 0.25) is 0 Å². The number of aromatic nitrogens is 1. The van der Waals surface area contributed by atoms with Crippen LogP contribution in [0, 0.1) is 13.8 Å². The van der Waals surface area contributed by atoms with Crippen molar-refractivity contribution in [2.24, 2.45) is 5.73 Å². The molecule has 0 saturated heterocycles. The number of carbonyl (C=O) groups is 1. The largest absolute Gasteiger partial charge is 0.354 e. The number of hydrogen-bond donors (Lipinski definition) is 2. The van der Waals surface area contributed by atoms with Crippen molar-refractivity contribution >= 4 is 17.2 Å². The monoisotopic (exact) mass is 281 g/mol. The maximum atomic E-state index is 12.1. The quantitative estimate of drug-likeness (QED) is 0.888. The standard InChI is InChI=1S/C14H23N3OS/c1-10-11(2)19-12(17-10)6-9-16-13(18)14(15)7-4-3-5-8-14/h3-9,15H2,1-2H3,(H,16,18). The molecule has 1 aliphatic carbocycles. The third-order valence-electron chi connectivity index (χ3n) is 3.90. The van der Waals surface area contributed by atoms with Crippen LogP contribution in [-0.2, 0) is 11.2 Å². The van der Waals surface area contributed by atoms with Crippen LogP contribution in [0.5, 0.6) is 0 Å². The van der Waals surface area contributed by atoms with E-state index in [9.17, 15) is 4.79 Å². The van der Waals surface area contributed by atoms with Gasteiger partial charge in [-0.25, -0.2) is 4.98 Å². The number of nitrogens with zero attached hydrogens (tertiary/aromatic N) is 1. The summed E-state index contributed by atoms with van der Waals surface area (Å²) in [6, 6.07) is 0. The molecule has 0 bridgehead atoms. The Hall–Kier alpha value is -0.940. The van der Waals surface area contributed by atoms with Crippen LogP contribution in [0.15, 0.2) is 0 Å². The summed E-state index contributed by atoms with van der Waals surface area (Å²) >= 11 is 1.71. The molecule has 1 saturated carbocycles. The summed E-state index contributed by atoms with van der Waals surface area (Å²) < 4.78 is 0. The van der Waals surface area contributed by atoms with Crippen molar-refractivity contribution in [1.82, 2.24) is 10.3 Å². The average molecular weight is 281 g/mol. The lowest BCUT2D eigenvalue weighted by Crippen LogP contribution is -2.55. The summed E-state index contributed by atoms with van der Waals surface area (Å²) in [5.41, 5.74) is 6.64. The molecule has 0 radical (unpaired) electrons. The third-order valence-corrected chi connectivity index (χ3v) is 5.03. The van der Waals surface area contributed by atoms with Gasteiger partial charge in [-0.05, 0) is 26.7 Å². The molecule has 1 heterocycles. The molecule has 1 aromatic heterocycles. The van der Waals surface area contributed by atoms with Crippen LogP contribution in [0.25, 0.3) is 0 Å². The van der Waals surface area contributed by atoms with Gasteiger partial charge in [0.25, 0.3) is 0 Å². The lowest BCUT2D eigenvalue weighted by Gasteiger charge is -2.31. The fraction of sp³-hybridized carbons (Fsp3) is 0.714. The number of thiazole rings is 1. The Labute approximate surface area is 118 Å². The van der Waals surface area contributed by atoms with Crippen LogP contribution in [0.1, 0.15) is 47.7 Å². The van der Waals surface area contributed by atoms with E-state index in [-0.39, 0.29) is 5.91 Å². The minimum atomic E-state index is -0.632. The maximum absolute atomic E-state index is 12.1. The fourth-order valence-corrected chi connectivity index (χ4v) is 3.45. The first kappa shape index (κ1) is 14.5. The number of nitrogens with two attached hydrogens (primary N) is 1. The van der Waals surface area contributed by atoms with Gasteiger partial charge < -0.3 is 11.1 Å². The fourth-order valence-electron chi connectivity index (χ4n) is 2.51. The molecule has 1 amide bonds. The molecule has 1 aliphatic rings. The Bertz CT molecular complexity index is 430. The minimum absolute atomic E-state index is 0.0113. The number of carbonyl (C=O) groups excluding carboxylic acids is 1. The molecule has 0 spiro atoms. The van der Waals surface area contributed by atoms with E-state index < -0.39 is 5.54 Å². The Morgan fingerprint density at radius 1 is 1.37 bits per heavy atom. The number of amides is 1. The van der Waals surface area contributed by atoms with Crippen molar-refractivity contribution in [2.45, 2.75) is 57.9 Å². The van der Waals surface area contributed by atoms with Gasteiger partial charge in [-0.2, -0.15) is 0 Å². The summed E-state index contributed by atoms with van der Waals surface area (Å²) in [6.07, 6.45) is 5.75. The molecule has 5 heteroatoms. The molecule has 0 unspecified atom stereocenters. The smallest absolute Gasteiger partial charge is 0.240 e. The highest BCUT2D eigenvalue weighted by Crippen LogP contribution is 2.26. The first-order valence-electron chi connectivity index (χ1n) is 7.01. The van der Waals surface area contributed by atoms with E-state index in [0.29, 0.717) is 6.54 Å². The summed E-state index contributed by atoms with van der Waals surface area (Å²) in [5, 5.41) is 4.06. The van der Waals surface area contributed by atoms with E-state index in [2.05, 4.69) is 17.2 Å². The Balaban J connectivity index is 1.80. The molecule has 0 atom stereocenters. The molecular weight excluding hydrogens is 258 g/mol. The number of hydrogen-bond acceptors (Lipinski definition) is 4. The van der Waals surface area contributed by atoms with E-state index in [1.165, 1.54) is 11.3 Å². The Morgan fingerprint density at radius 3 is 2.63 bits per heavy atom. The van der Waals surface area contributed by atoms with Crippen LogP contribution < -0.4 is 11.1 Å². The van der Waals surface area contributed by atoms with Crippen molar-refractivity contribution in [3.63, 3.8) is 0 Å². The van der Waals surface area contributed by atoms with Crippen molar-refractivity contribution < 1.29 is 4.79 Å². The van der Waals surface area contributed by atoms with Gasteiger partial charge in [-0.3, -0.25) is 4.79 Å². The Morgan fingerprint density at radius 2 is 2.05 bits per heavy atom. The van der Waals surface area contributed by atoms with E-state index in [1.807, 2.05) is 6.92 Å². The van der Waals surface area contributed by atoms with Gasteiger partial charge in [-0.1, -0.05) is 19.3 Å². The zero-order valence-electron chi connectivity index (χ0n) is 11.8. The highest BCUT2D eigenvalue weighted by Gasteiger charge is 2.34. The van der Waals surface area contributed by atoms with Crippen LogP contribution in [0.3, 0.4) is 0 Å².